The van der Waals surface area contributed by atoms with Crippen LogP contribution in [0.1, 0.15) is 12.5 Å². The Morgan fingerprint density at radius 3 is 2.47 bits per heavy atom. The van der Waals surface area contributed by atoms with Crippen LogP contribution in [0, 0.1) is 18.3 Å². The monoisotopic (exact) mass is 222 g/mol. The topological polar surface area (TPSA) is 27.0 Å². The van der Waals surface area contributed by atoms with Crippen LogP contribution in [0.25, 0.3) is 0 Å². The zero-order valence-corrected chi connectivity index (χ0v) is 9.83. The summed E-state index contributed by atoms with van der Waals surface area (Å²) in [5, 5.41) is 8.21. The Hall–Kier alpha value is -1.20. The number of aryl methyl sites for hydroxylation is 1. The second-order valence-corrected chi connectivity index (χ2v) is 4.00. The van der Waals surface area contributed by atoms with Crippen molar-refractivity contribution in [3.8, 4) is 6.07 Å². The molecule has 0 aliphatic carbocycles. The lowest BCUT2D eigenvalue weighted by Crippen LogP contribution is -2.29. The summed E-state index contributed by atoms with van der Waals surface area (Å²) in [7, 11) is 0. The van der Waals surface area contributed by atoms with E-state index in [1.807, 2.05) is 6.07 Å². The number of hydrogen-bond donors (Lipinski definition) is 0. The average molecular weight is 223 g/mol. The Balaban J connectivity index is 2.75. The molecule has 1 aromatic rings. The maximum absolute atomic E-state index is 8.66. The highest BCUT2D eigenvalue weighted by molar-refractivity contribution is 6.22. The minimum absolute atomic E-state index is 0.453. The highest BCUT2D eigenvalue weighted by atomic mass is 35.5. The summed E-state index contributed by atoms with van der Waals surface area (Å²) in [6, 6.07) is 10.3. The van der Waals surface area contributed by atoms with Gasteiger partial charge in [-0.2, -0.15) is 5.26 Å². The van der Waals surface area contributed by atoms with Crippen LogP contribution in [0.15, 0.2) is 24.3 Å². The number of hydrogen-bond acceptors (Lipinski definition) is 2. The second-order valence-electron chi connectivity index (χ2n) is 3.47. The van der Waals surface area contributed by atoms with Crippen molar-refractivity contribution in [2.45, 2.75) is 19.2 Å². The van der Waals surface area contributed by atoms with Crippen molar-refractivity contribution in [1.29, 1.82) is 5.26 Å². The SMILES string of the molecule is CCN(CC(Cl)C#N)c1ccc(C)cc1. The molecule has 0 aliphatic rings. The number of nitriles is 1. The molecule has 0 N–H and O–H groups in total. The molecule has 1 aromatic carbocycles. The largest absolute Gasteiger partial charge is 0.369 e. The molecule has 1 rings (SSSR count). The van der Waals surface area contributed by atoms with Gasteiger partial charge in [-0.15, -0.1) is 11.6 Å². The predicted octanol–water partition coefficient (Wildman–Crippen LogP) is 2.95. The molecule has 0 amide bonds. The van der Waals surface area contributed by atoms with Gasteiger partial charge in [0.25, 0.3) is 0 Å². The standard InChI is InChI=1S/C12H15ClN2/c1-3-15(9-11(13)8-14)12-6-4-10(2)5-7-12/h4-7,11H,3,9H2,1-2H3. The predicted molar refractivity (Wildman–Crippen MR) is 64.3 cm³/mol. The van der Waals surface area contributed by atoms with Gasteiger partial charge < -0.3 is 4.90 Å². The Morgan fingerprint density at radius 1 is 1.40 bits per heavy atom. The van der Waals surface area contributed by atoms with Crippen molar-refractivity contribution in [2.24, 2.45) is 0 Å². The maximum atomic E-state index is 8.66. The molecule has 3 heteroatoms. The molecule has 15 heavy (non-hydrogen) atoms. The molecule has 0 aromatic heterocycles. The minimum Gasteiger partial charge on any atom is -0.369 e. The molecule has 1 atom stereocenters. The van der Waals surface area contributed by atoms with Crippen LogP contribution >= 0.6 is 11.6 Å². The van der Waals surface area contributed by atoms with Crippen LogP contribution in [0.4, 0.5) is 5.69 Å². The third kappa shape index (κ3) is 3.45. The molecular formula is C12H15ClN2. The van der Waals surface area contributed by atoms with Gasteiger partial charge in [0.15, 0.2) is 0 Å². The van der Waals surface area contributed by atoms with E-state index in [2.05, 4.69) is 43.0 Å². The first-order chi connectivity index (χ1) is 7.17. The third-order valence-electron chi connectivity index (χ3n) is 2.30. The van der Waals surface area contributed by atoms with E-state index in [0.29, 0.717) is 6.54 Å². The highest BCUT2D eigenvalue weighted by Crippen LogP contribution is 2.15. The molecule has 0 saturated heterocycles. The Labute approximate surface area is 96.1 Å². The van der Waals surface area contributed by atoms with Gasteiger partial charge in [0.1, 0.15) is 5.38 Å². The molecule has 0 saturated carbocycles. The Kier molecular flexibility index (Phi) is 4.45. The fourth-order valence-corrected chi connectivity index (χ4v) is 1.57. The number of nitrogens with zero attached hydrogens (tertiary/aromatic N) is 2. The summed E-state index contributed by atoms with van der Waals surface area (Å²) in [6.07, 6.45) is 0. The van der Waals surface area contributed by atoms with Gasteiger partial charge in [-0.05, 0) is 26.0 Å². The van der Waals surface area contributed by atoms with Crippen molar-refractivity contribution < 1.29 is 0 Å². The highest BCUT2D eigenvalue weighted by Gasteiger charge is 2.09. The van der Waals surface area contributed by atoms with Crippen molar-refractivity contribution in [1.82, 2.24) is 0 Å². The van der Waals surface area contributed by atoms with Crippen LogP contribution in [0.5, 0.6) is 0 Å². The van der Waals surface area contributed by atoms with Gasteiger partial charge in [-0.25, -0.2) is 0 Å². The van der Waals surface area contributed by atoms with Crippen LogP contribution in [-0.4, -0.2) is 18.5 Å². The number of benzene rings is 1. The molecule has 0 bridgehead atoms. The quantitative estimate of drug-likeness (QED) is 0.733. The molecule has 2 nitrogen and oxygen atoms in total. The van der Waals surface area contributed by atoms with Crippen molar-refractivity contribution in [2.75, 3.05) is 18.0 Å². The van der Waals surface area contributed by atoms with Crippen molar-refractivity contribution in [3.63, 3.8) is 0 Å². The molecule has 80 valence electrons. The van der Waals surface area contributed by atoms with Gasteiger partial charge in [0.05, 0.1) is 6.07 Å². The van der Waals surface area contributed by atoms with Gasteiger partial charge in [-0.1, -0.05) is 17.7 Å². The van der Waals surface area contributed by atoms with E-state index >= 15 is 0 Å². The number of halogens is 1. The number of rotatable bonds is 4. The molecule has 0 spiro atoms. The maximum Gasteiger partial charge on any atom is 0.137 e. The van der Waals surface area contributed by atoms with Crippen molar-refractivity contribution in [3.05, 3.63) is 29.8 Å². The van der Waals surface area contributed by atoms with Crippen LogP contribution < -0.4 is 4.90 Å². The summed E-state index contributed by atoms with van der Waals surface area (Å²) in [5.74, 6) is 0. The first kappa shape index (κ1) is 11.9. The van der Waals surface area contributed by atoms with E-state index < -0.39 is 5.38 Å². The fourth-order valence-electron chi connectivity index (χ4n) is 1.41. The molecule has 1 unspecified atom stereocenters. The van der Waals surface area contributed by atoms with E-state index in [-0.39, 0.29) is 0 Å². The molecule has 0 heterocycles. The van der Waals surface area contributed by atoms with Crippen molar-refractivity contribution >= 4 is 17.3 Å². The Bertz CT molecular complexity index is 340. The Morgan fingerprint density at radius 2 is 2.00 bits per heavy atom. The van der Waals surface area contributed by atoms with Crippen LogP contribution in [-0.2, 0) is 0 Å². The lowest BCUT2D eigenvalue weighted by atomic mass is 10.2. The summed E-state index contributed by atoms with van der Waals surface area (Å²) in [5.41, 5.74) is 2.35. The van der Waals surface area contributed by atoms with E-state index in [1.54, 1.807) is 0 Å². The second kappa shape index (κ2) is 5.63. The summed E-state index contributed by atoms with van der Waals surface area (Å²) >= 11 is 5.82. The van der Waals surface area contributed by atoms with E-state index in [1.165, 1.54) is 5.56 Å². The molecule has 0 fully saturated rings. The van der Waals surface area contributed by atoms with Gasteiger partial charge >= 0.3 is 0 Å². The molecule has 0 aliphatic heterocycles. The normalized spacial score (nSPS) is 11.9. The fraction of sp³-hybridized carbons (Fsp3) is 0.417. The summed E-state index contributed by atoms with van der Waals surface area (Å²) < 4.78 is 0. The first-order valence-electron chi connectivity index (χ1n) is 5.02. The first-order valence-corrected chi connectivity index (χ1v) is 5.46. The van der Waals surface area contributed by atoms with Crippen LogP contribution in [0.3, 0.4) is 0 Å². The zero-order chi connectivity index (χ0) is 11.3. The number of anilines is 1. The van der Waals surface area contributed by atoms with E-state index in [0.717, 1.165) is 12.2 Å². The summed E-state index contributed by atoms with van der Waals surface area (Å²) in [6.45, 7) is 5.53. The zero-order valence-electron chi connectivity index (χ0n) is 9.07. The van der Waals surface area contributed by atoms with Gasteiger partial charge in [0, 0.05) is 18.8 Å². The third-order valence-corrected chi connectivity index (χ3v) is 2.54. The lowest BCUT2D eigenvalue weighted by Gasteiger charge is -2.23. The lowest BCUT2D eigenvalue weighted by molar-refractivity contribution is 0.831. The molecular weight excluding hydrogens is 208 g/mol. The van der Waals surface area contributed by atoms with E-state index in [4.69, 9.17) is 16.9 Å². The summed E-state index contributed by atoms with van der Waals surface area (Å²) in [4.78, 5) is 2.10. The van der Waals surface area contributed by atoms with Gasteiger partial charge in [-0.3, -0.25) is 0 Å². The van der Waals surface area contributed by atoms with Crippen LogP contribution in [0.2, 0.25) is 0 Å². The van der Waals surface area contributed by atoms with Gasteiger partial charge in [0.2, 0.25) is 0 Å². The molecule has 0 radical (unpaired) electrons. The average Bonchev–Trinajstić information content (AvgIpc) is 2.27. The van der Waals surface area contributed by atoms with E-state index in [9.17, 15) is 0 Å². The number of alkyl halides is 1. The minimum atomic E-state index is -0.453. The smallest absolute Gasteiger partial charge is 0.137 e.